The smallest absolute Gasteiger partial charge is 0.317 e. The van der Waals surface area contributed by atoms with E-state index < -0.39 is 18.1 Å². The molecule has 1 amide bonds. The van der Waals surface area contributed by atoms with Gasteiger partial charge in [-0.2, -0.15) is 4.73 Å². The van der Waals surface area contributed by atoms with E-state index in [9.17, 15) is 15.1 Å². The van der Waals surface area contributed by atoms with Gasteiger partial charge in [0.1, 0.15) is 0 Å². The van der Waals surface area contributed by atoms with E-state index in [1.54, 1.807) is 18.2 Å². The van der Waals surface area contributed by atoms with Crippen molar-refractivity contribution in [2.75, 3.05) is 13.2 Å². The van der Waals surface area contributed by atoms with Crippen molar-refractivity contribution in [2.45, 2.75) is 25.0 Å². The topological polar surface area (TPSA) is 85.5 Å². The van der Waals surface area contributed by atoms with Gasteiger partial charge in [-0.15, -0.1) is 0 Å². The molecule has 0 radical (unpaired) electrons. The number of benzene rings is 2. The van der Waals surface area contributed by atoms with E-state index in [1.807, 2.05) is 36.4 Å². The number of pyridine rings is 1. The summed E-state index contributed by atoms with van der Waals surface area (Å²) in [5.41, 5.74) is 2.32. The highest BCUT2D eigenvalue weighted by Crippen LogP contribution is 2.22. The van der Waals surface area contributed by atoms with Crippen LogP contribution in [0.15, 0.2) is 54.6 Å². The van der Waals surface area contributed by atoms with Crippen molar-refractivity contribution in [2.24, 2.45) is 0 Å². The molecule has 2 atom stereocenters. The van der Waals surface area contributed by atoms with E-state index in [1.165, 1.54) is 0 Å². The van der Waals surface area contributed by atoms with Crippen molar-refractivity contribution < 1.29 is 19.4 Å². The summed E-state index contributed by atoms with van der Waals surface area (Å²) < 4.78 is 5.85. The lowest BCUT2D eigenvalue weighted by Gasteiger charge is -2.28. The molecule has 150 valence electrons. The molecule has 0 saturated carbocycles. The monoisotopic (exact) mass is 412 g/mol. The van der Waals surface area contributed by atoms with Crippen LogP contribution in [0.4, 0.5) is 0 Å². The van der Waals surface area contributed by atoms with Gasteiger partial charge in [0, 0.05) is 23.8 Å². The maximum Gasteiger partial charge on any atom is 0.317 e. The molecule has 7 heteroatoms. The fraction of sp³-hybridized carbons (Fsp3) is 0.273. The fourth-order valence-electron chi connectivity index (χ4n) is 3.61. The van der Waals surface area contributed by atoms with Gasteiger partial charge in [-0.05, 0) is 42.2 Å². The van der Waals surface area contributed by atoms with Gasteiger partial charge in [0.2, 0.25) is 5.52 Å². The van der Waals surface area contributed by atoms with Crippen LogP contribution in [-0.4, -0.2) is 36.4 Å². The number of rotatable bonds is 4. The third-order valence-electron chi connectivity index (χ3n) is 5.18. The molecule has 3 aromatic rings. The average Bonchev–Trinajstić information content (AvgIpc) is 2.73. The first-order chi connectivity index (χ1) is 14.0. The summed E-state index contributed by atoms with van der Waals surface area (Å²) in [6.07, 6.45) is 0.261. The van der Waals surface area contributed by atoms with Gasteiger partial charge in [0.15, 0.2) is 0 Å². The van der Waals surface area contributed by atoms with E-state index >= 15 is 0 Å². The van der Waals surface area contributed by atoms with Crippen LogP contribution >= 0.6 is 11.6 Å². The normalized spacial score (nSPS) is 19.2. The van der Waals surface area contributed by atoms with Crippen molar-refractivity contribution in [3.63, 3.8) is 0 Å². The van der Waals surface area contributed by atoms with Crippen LogP contribution in [0, 0.1) is 5.21 Å². The zero-order valence-electron chi connectivity index (χ0n) is 15.7. The molecule has 0 aliphatic carbocycles. The third kappa shape index (κ3) is 4.19. The molecule has 1 fully saturated rings. The van der Waals surface area contributed by atoms with Gasteiger partial charge in [-0.3, -0.25) is 4.79 Å². The Hall–Kier alpha value is -2.67. The molecule has 6 nitrogen and oxygen atoms in total. The van der Waals surface area contributed by atoms with Crippen LogP contribution in [-0.2, 0) is 11.2 Å². The number of carbonyl (C=O) groups is 1. The second-order valence-corrected chi connectivity index (χ2v) is 7.62. The Labute approximate surface area is 173 Å². The second kappa shape index (κ2) is 8.37. The summed E-state index contributed by atoms with van der Waals surface area (Å²) in [7, 11) is 0. The highest BCUT2D eigenvalue weighted by atomic mass is 35.5. The lowest BCUT2D eigenvalue weighted by molar-refractivity contribution is -0.579. The van der Waals surface area contributed by atoms with E-state index in [0.29, 0.717) is 34.7 Å². The summed E-state index contributed by atoms with van der Waals surface area (Å²) >= 11 is 5.97. The summed E-state index contributed by atoms with van der Waals surface area (Å²) in [6.45, 7) is 0.626. The Bertz CT molecular complexity index is 1040. The van der Waals surface area contributed by atoms with Gasteiger partial charge < -0.3 is 20.4 Å². The highest BCUT2D eigenvalue weighted by molar-refractivity contribution is 6.30. The Morgan fingerprint density at radius 3 is 2.76 bits per heavy atom. The molecule has 4 rings (SSSR count). The predicted octanol–water partition coefficient (Wildman–Crippen LogP) is 2.60. The minimum Gasteiger partial charge on any atom is -0.618 e. The Balaban J connectivity index is 1.71. The summed E-state index contributed by atoms with van der Waals surface area (Å²) in [5.74, 6) is -0.506. The Morgan fingerprint density at radius 2 is 2.00 bits per heavy atom. The van der Waals surface area contributed by atoms with Gasteiger partial charge >= 0.3 is 5.91 Å². The summed E-state index contributed by atoms with van der Waals surface area (Å²) in [4.78, 5) is 12.9. The number of halogens is 1. The largest absolute Gasteiger partial charge is 0.618 e. The van der Waals surface area contributed by atoms with Gasteiger partial charge in [0.05, 0.1) is 24.1 Å². The fourth-order valence-corrected chi connectivity index (χ4v) is 3.74. The number of nitrogens with one attached hydrogen (secondary N) is 1. The molecular formula is C22H21ClN2O4. The van der Waals surface area contributed by atoms with E-state index in [4.69, 9.17) is 16.3 Å². The summed E-state index contributed by atoms with van der Waals surface area (Å²) in [5, 5.41) is 27.2. The second-order valence-electron chi connectivity index (χ2n) is 7.18. The third-order valence-corrected chi connectivity index (χ3v) is 5.43. The first kappa shape index (κ1) is 19.6. The molecule has 2 aromatic carbocycles. The molecule has 1 aliphatic heterocycles. The number of amides is 1. The maximum atomic E-state index is 12.9. The summed E-state index contributed by atoms with van der Waals surface area (Å²) in [6, 6.07) is 15.9. The van der Waals surface area contributed by atoms with E-state index in [-0.39, 0.29) is 12.3 Å². The SMILES string of the molecule is O=C(N[C@H]1CCOC[C@@H]1O)c1cc(Cc2ccc(Cl)cc2)c2ccccc2[n+]1[O-]. The molecule has 1 saturated heterocycles. The van der Waals surface area contributed by atoms with Gasteiger partial charge in [0.25, 0.3) is 5.69 Å². The Morgan fingerprint density at radius 1 is 1.24 bits per heavy atom. The molecule has 29 heavy (non-hydrogen) atoms. The standard InChI is InChI=1S/C22H21ClN2O4/c23-16-7-5-14(6-8-16)11-15-12-20(25(28)19-4-2-1-3-17(15)19)22(27)24-18-9-10-29-13-21(18)26/h1-8,12,18,21,26H,9-11,13H2,(H,24,27)/t18-,21-/m0/s1. The lowest BCUT2D eigenvalue weighted by atomic mass is 9.99. The quantitative estimate of drug-likeness (QED) is 0.509. The number of carbonyl (C=O) groups excluding carboxylic acids is 1. The van der Waals surface area contributed by atoms with Crippen molar-refractivity contribution in [1.29, 1.82) is 0 Å². The number of para-hydroxylation sites is 1. The van der Waals surface area contributed by atoms with Crippen LogP contribution in [0.2, 0.25) is 5.02 Å². The average molecular weight is 413 g/mol. The first-order valence-electron chi connectivity index (χ1n) is 9.48. The minimum absolute atomic E-state index is 0.00588. The molecule has 2 N–H and O–H groups in total. The molecule has 2 heterocycles. The van der Waals surface area contributed by atoms with Crippen LogP contribution in [0.5, 0.6) is 0 Å². The number of hydrogen-bond acceptors (Lipinski definition) is 4. The lowest BCUT2D eigenvalue weighted by Crippen LogP contribution is -2.51. The zero-order valence-corrected chi connectivity index (χ0v) is 16.4. The van der Waals surface area contributed by atoms with Gasteiger partial charge in [-0.25, -0.2) is 0 Å². The number of aromatic nitrogens is 1. The molecule has 1 aromatic heterocycles. The first-order valence-corrected chi connectivity index (χ1v) is 9.86. The maximum absolute atomic E-state index is 12.9. The Kier molecular flexibility index (Phi) is 5.67. The van der Waals surface area contributed by atoms with Crippen LogP contribution < -0.4 is 10.0 Å². The number of nitrogens with zero attached hydrogens (tertiary/aromatic N) is 1. The molecular weight excluding hydrogens is 392 g/mol. The van der Waals surface area contributed by atoms with Gasteiger partial charge in [-0.1, -0.05) is 35.9 Å². The number of aliphatic hydroxyl groups excluding tert-OH is 1. The number of hydrogen-bond donors (Lipinski definition) is 2. The molecule has 0 bridgehead atoms. The van der Waals surface area contributed by atoms with Crippen LogP contribution in [0.3, 0.4) is 0 Å². The van der Waals surface area contributed by atoms with E-state index in [2.05, 4.69) is 5.32 Å². The molecule has 0 unspecified atom stereocenters. The molecule has 1 aliphatic rings. The van der Waals surface area contributed by atoms with Crippen molar-refractivity contribution >= 4 is 28.4 Å². The van der Waals surface area contributed by atoms with E-state index in [0.717, 1.165) is 16.5 Å². The number of aliphatic hydroxyl groups is 1. The van der Waals surface area contributed by atoms with Crippen molar-refractivity contribution in [1.82, 2.24) is 5.32 Å². The number of fused-ring (bicyclic) bond motifs is 1. The van der Waals surface area contributed by atoms with Crippen LogP contribution in [0.25, 0.3) is 10.9 Å². The van der Waals surface area contributed by atoms with Crippen molar-refractivity contribution in [3.8, 4) is 0 Å². The highest BCUT2D eigenvalue weighted by Gasteiger charge is 2.29. The number of ether oxygens (including phenoxy) is 1. The van der Waals surface area contributed by atoms with Crippen molar-refractivity contribution in [3.05, 3.63) is 81.6 Å². The minimum atomic E-state index is -0.790. The molecule has 0 spiro atoms. The van der Waals surface area contributed by atoms with Crippen LogP contribution in [0.1, 0.15) is 28.0 Å². The zero-order chi connectivity index (χ0) is 20.4. The predicted molar refractivity (Wildman–Crippen MR) is 110 cm³/mol.